The summed E-state index contributed by atoms with van der Waals surface area (Å²) in [6, 6.07) is -0.552. The van der Waals surface area contributed by atoms with Crippen LogP contribution in [0.4, 0.5) is 0 Å². The van der Waals surface area contributed by atoms with Gasteiger partial charge in [-0.25, -0.2) is 0 Å². The number of nitrogens with one attached hydrogen (secondary N) is 2. The second kappa shape index (κ2) is 6.37. The summed E-state index contributed by atoms with van der Waals surface area (Å²) < 4.78 is 0. The lowest BCUT2D eigenvalue weighted by Gasteiger charge is -2.17. The largest absolute Gasteiger partial charge is 0.480 e. The SMILES string of the molecule is CC(=O)NCCNC(C(=O)O)C(C)C. The van der Waals surface area contributed by atoms with Crippen LogP contribution in [0.2, 0.25) is 0 Å². The monoisotopic (exact) mass is 202 g/mol. The lowest BCUT2D eigenvalue weighted by Crippen LogP contribution is -2.44. The van der Waals surface area contributed by atoms with Gasteiger partial charge in [0, 0.05) is 20.0 Å². The number of carbonyl (C=O) groups excluding carboxylic acids is 1. The topological polar surface area (TPSA) is 78.4 Å². The molecule has 0 heterocycles. The van der Waals surface area contributed by atoms with Gasteiger partial charge in [0.05, 0.1) is 0 Å². The molecule has 14 heavy (non-hydrogen) atoms. The summed E-state index contributed by atoms with van der Waals surface area (Å²) in [5.74, 6) is -0.934. The molecule has 0 aromatic rings. The van der Waals surface area contributed by atoms with Gasteiger partial charge < -0.3 is 15.7 Å². The molecule has 0 aromatic heterocycles. The molecular formula is C9H18N2O3. The smallest absolute Gasteiger partial charge is 0.320 e. The minimum absolute atomic E-state index is 0.0322. The Morgan fingerprint density at radius 2 is 1.86 bits per heavy atom. The normalized spacial score (nSPS) is 12.6. The Morgan fingerprint density at radius 3 is 2.21 bits per heavy atom. The van der Waals surface area contributed by atoms with Gasteiger partial charge in [0.2, 0.25) is 5.91 Å². The molecule has 1 amide bonds. The van der Waals surface area contributed by atoms with E-state index in [4.69, 9.17) is 5.11 Å². The first-order valence-electron chi connectivity index (χ1n) is 4.65. The summed E-state index contributed by atoms with van der Waals surface area (Å²) in [7, 11) is 0. The molecule has 0 radical (unpaired) electrons. The standard InChI is InChI=1S/C9H18N2O3/c1-6(2)8(9(13)14)11-5-4-10-7(3)12/h6,8,11H,4-5H2,1-3H3,(H,10,12)(H,13,14). The van der Waals surface area contributed by atoms with Gasteiger partial charge >= 0.3 is 5.97 Å². The zero-order valence-electron chi connectivity index (χ0n) is 8.83. The molecule has 0 spiro atoms. The van der Waals surface area contributed by atoms with Crippen LogP contribution in [-0.4, -0.2) is 36.1 Å². The van der Waals surface area contributed by atoms with Crippen LogP contribution in [-0.2, 0) is 9.59 Å². The van der Waals surface area contributed by atoms with Crippen molar-refractivity contribution in [2.45, 2.75) is 26.8 Å². The van der Waals surface area contributed by atoms with Gasteiger partial charge in [-0.15, -0.1) is 0 Å². The van der Waals surface area contributed by atoms with Gasteiger partial charge in [-0.05, 0) is 5.92 Å². The number of rotatable bonds is 6. The van der Waals surface area contributed by atoms with Gasteiger partial charge in [0.1, 0.15) is 6.04 Å². The predicted octanol–water partition coefficient (Wildman–Crippen LogP) is -0.179. The van der Waals surface area contributed by atoms with Crippen molar-refractivity contribution in [1.82, 2.24) is 10.6 Å². The maximum Gasteiger partial charge on any atom is 0.320 e. The summed E-state index contributed by atoms with van der Waals surface area (Å²) in [6.45, 7) is 6.02. The van der Waals surface area contributed by atoms with Crippen LogP contribution in [0.5, 0.6) is 0 Å². The Labute approximate surface area is 83.9 Å². The van der Waals surface area contributed by atoms with E-state index >= 15 is 0 Å². The fourth-order valence-electron chi connectivity index (χ4n) is 1.07. The summed E-state index contributed by atoms with van der Waals surface area (Å²) in [4.78, 5) is 21.2. The van der Waals surface area contributed by atoms with E-state index < -0.39 is 12.0 Å². The Hall–Kier alpha value is -1.10. The molecule has 0 bridgehead atoms. The third-order valence-corrected chi connectivity index (χ3v) is 1.80. The minimum Gasteiger partial charge on any atom is -0.480 e. The summed E-state index contributed by atoms with van der Waals surface area (Å²) >= 11 is 0. The van der Waals surface area contributed by atoms with Gasteiger partial charge in [-0.3, -0.25) is 9.59 Å². The summed E-state index contributed by atoms with van der Waals surface area (Å²) in [6.07, 6.45) is 0. The third-order valence-electron chi connectivity index (χ3n) is 1.80. The van der Waals surface area contributed by atoms with E-state index in [1.54, 1.807) is 0 Å². The molecule has 0 aliphatic rings. The third kappa shape index (κ3) is 5.53. The number of hydrogen-bond donors (Lipinski definition) is 3. The summed E-state index contributed by atoms with van der Waals surface area (Å²) in [5, 5.41) is 14.2. The molecule has 1 atom stereocenters. The Balaban J connectivity index is 3.73. The van der Waals surface area contributed by atoms with E-state index in [9.17, 15) is 9.59 Å². The van der Waals surface area contributed by atoms with Crippen LogP contribution in [0.25, 0.3) is 0 Å². The highest BCUT2D eigenvalue weighted by Gasteiger charge is 2.19. The number of hydrogen-bond acceptors (Lipinski definition) is 3. The van der Waals surface area contributed by atoms with Crippen molar-refractivity contribution in [3.05, 3.63) is 0 Å². The fraction of sp³-hybridized carbons (Fsp3) is 0.778. The van der Waals surface area contributed by atoms with Crippen molar-refractivity contribution in [1.29, 1.82) is 0 Å². The van der Waals surface area contributed by atoms with Crippen LogP contribution < -0.4 is 10.6 Å². The van der Waals surface area contributed by atoms with Crippen molar-refractivity contribution in [2.24, 2.45) is 5.92 Å². The Kier molecular flexibility index (Phi) is 5.87. The maximum absolute atomic E-state index is 10.7. The van der Waals surface area contributed by atoms with Crippen molar-refractivity contribution in [3.63, 3.8) is 0 Å². The molecule has 0 saturated heterocycles. The van der Waals surface area contributed by atoms with Gasteiger partial charge in [-0.1, -0.05) is 13.8 Å². The molecule has 3 N–H and O–H groups in total. The number of carbonyl (C=O) groups is 2. The Bertz CT molecular complexity index is 204. The zero-order chi connectivity index (χ0) is 11.1. The number of amides is 1. The second-order valence-electron chi connectivity index (χ2n) is 3.50. The average molecular weight is 202 g/mol. The second-order valence-corrected chi connectivity index (χ2v) is 3.50. The first-order chi connectivity index (χ1) is 6.45. The predicted molar refractivity (Wildman–Crippen MR) is 52.9 cm³/mol. The highest BCUT2D eigenvalue weighted by atomic mass is 16.4. The number of aliphatic carboxylic acids is 1. The summed E-state index contributed by atoms with van der Waals surface area (Å²) in [5.41, 5.74) is 0. The Morgan fingerprint density at radius 1 is 1.29 bits per heavy atom. The number of carboxylic acid groups (broad SMARTS) is 1. The lowest BCUT2D eigenvalue weighted by atomic mass is 10.1. The van der Waals surface area contributed by atoms with Gasteiger partial charge in [-0.2, -0.15) is 0 Å². The lowest BCUT2D eigenvalue weighted by molar-refractivity contribution is -0.140. The molecule has 82 valence electrons. The molecule has 5 heteroatoms. The van der Waals surface area contributed by atoms with E-state index in [2.05, 4.69) is 10.6 Å². The van der Waals surface area contributed by atoms with E-state index in [0.717, 1.165) is 0 Å². The molecule has 5 nitrogen and oxygen atoms in total. The highest BCUT2D eigenvalue weighted by molar-refractivity contribution is 5.74. The van der Waals surface area contributed by atoms with Crippen molar-refractivity contribution >= 4 is 11.9 Å². The molecule has 0 rings (SSSR count). The number of carboxylic acids is 1. The first-order valence-corrected chi connectivity index (χ1v) is 4.65. The van der Waals surface area contributed by atoms with Crippen LogP contribution in [0, 0.1) is 5.92 Å². The van der Waals surface area contributed by atoms with E-state index in [-0.39, 0.29) is 11.8 Å². The van der Waals surface area contributed by atoms with Crippen molar-refractivity contribution in [3.8, 4) is 0 Å². The van der Waals surface area contributed by atoms with Gasteiger partial charge in [0.25, 0.3) is 0 Å². The van der Waals surface area contributed by atoms with Crippen LogP contribution in [0.3, 0.4) is 0 Å². The quantitative estimate of drug-likeness (QED) is 0.522. The molecular weight excluding hydrogens is 184 g/mol. The van der Waals surface area contributed by atoms with Crippen molar-refractivity contribution in [2.75, 3.05) is 13.1 Å². The fourth-order valence-corrected chi connectivity index (χ4v) is 1.07. The average Bonchev–Trinajstić information content (AvgIpc) is 2.01. The molecule has 0 aliphatic carbocycles. The zero-order valence-corrected chi connectivity index (χ0v) is 8.83. The first kappa shape index (κ1) is 12.9. The molecule has 1 unspecified atom stereocenters. The molecule has 0 fully saturated rings. The molecule has 0 aliphatic heterocycles. The molecule has 0 aromatic carbocycles. The van der Waals surface area contributed by atoms with Gasteiger partial charge in [0.15, 0.2) is 0 Å². The van der Waals surface area contributed by atoms with E-state index in [1.807, 2.05) is 13.8 Å². The van der Waals surface area contributed by atoms with Crippen LogP contribution in [0.1, 0.15) is 20.8 Å². The van der Waals surface area contributed by atoms with Crippen LogP contribution in [0.15, 0.2) is 0 Å². The van der Waals surface area contributed by atoms with E-state index in [0.29, 0.717) is 13.1 Å². The van der Waals surface area contributed by atoms with Crippen LogP contribution >= 0.6 is 0 Å². The minimum atomic E-state index is -0.858. The molecule has 0 saturated carbocycles. The highest BCUT2D eigenvalue weighted by Crippen LogP contribution is 2.00. The van der Waals surface area contributed by atoms with E-state index in [1.165, 1.54) is 6.92 Å². The maximum atomic E-state index is 10.7. The van der Waals surface area contributed by atoms with Crippen molar-refractivity contribution < 1.29 is 14.7 Å².